The predicted octanol–water partition coefficient (Wildman–Crippen LogP) is 1.33. The molecule has 0 spiro atoms. The summed E-state index contributed by atoms with van der Waals surface area (Å²) in [6, 6.07) is 1.89. The van der Waals surface area contributed by atoms with Gasteiger partial charge in [-0.3, -0.25) is 9.78 Å². The van der Waals surface area contributed by atoms with Crippen molar-refractivity contribution >= 4 is 11.6 Å². The first kappa shape index (κ1) is 11.1. The van der Waals surface area contributed by atoms with Gasteiger partial charge in [-0.25, -0.2) is 0 Å². The molecule has 1 aliphatic heterocycles. The van der Waals surface area contributed by atoms with Gasteiger partial charge in [-0.15, -0.1) is 0 Å². The summed E-state index contributed by atoms with van der Waals surface area (Å²) >= 11 is 0. The van der Waals surface area contributed by atoms with Gasteiger partial charge >= 0.3 is 0 Å². The van der Waals surface area contributed by atoms with Gasteiger partial charge in [0.2, 0.25) is 5.91 Å². The van der Waals surface area contributed by atoms with E-state index in [9.17, 15) is 4.79 Å². The Labute approximate surface area is 95.5 Å². The normalized spacial score (nSPS) is 24.4. The van der Waals surface area contributed by atoms with Crippen molar-refractivity contribution < 1.29 is 4.79 Å². The van der Waals surface area contributed by atoms with Gasteiger partial charge in [0.05, 0.1) is 17.3 Å². The summed E-state index contributed by atoms with van der Waals surface area (Å²) in [6.45, 7) is 5.62. The van der Waals surface area contributed by atoms with Crippen molar-refractivity contribution in [1.82, 2.24) is 10.3 Å². The number of aromatic nitrogens is 1. The number of carbonyl (C=O) groups excluding carboxylic acids is 1. The van der Waals surface area contributed by atoms with Gasteiger partial charge in [0.25, 0.3) is 0 Å². The standard InChI is InChI=1S/C12H17N3O/c1-9-3-5-13-7-10(9)15-11(16)12(2)4-6-14-8-12/h3,5,7,14H,4,6,8H2,1-2H3,(H,15,16). The van der Waals surface area contributed by atoms with E-state index in [0.29, 0.717) is 0 Å². The second-order valence-corrected chi connectivity index (χ2v) is 4.63. The number of aryl methyl sites for hydroxylation is 1. The van der Waals surface area contributed by atoms with Crippen LogP contribution in [-0.4, -0.2) is 24.0 Å². The molecule has 1 unspecified atom stereocenters. The van der Waals surface area contributed by atoms with Crippen LogP contribution in [0, 0.1) is 12.3 Å². The molecule has 16 heavy (non-hydrogen) atoms. The summed E-state index contributed by atoms with van der Waals surface area (Å²) in [4.78, 5) is 16.1. The topological polar surface area (TPSA) is 54.0 Å². The Balaban J connectivity index is 2.10. The largest absolute Gasteiger partial charge is 0.324 e. The first-order chi connectivity index (χ1) is 7.62. The van der Waals surface area contributed by atoms with Gasteiger partial charge in [-0.05, 0) is 38.4 Å². The summed E-state index contributed by atoms with van der Waals surface area (Å²) < 4.78 is 0. The average Bonchev–Trinajstić information content (AvgIpc) is 2.70. The smallest absolute Gasteiger partial charge is 0.231 e. The van der Waals surface area contributed by atoms with E-state index in [1.807, 2.05) is 19.9 Å². The Morgan fingerprint density at radius 2 is 2.44 bits per heavy atom. The lowest BCUT2D eigenvalue weighted by molar-refractivity contribution is -0.123. The van der Waals surface area contributed by atoms with Crippen LogP contribution in [0.3, 0.4) is 0 Å². The molecule has 2 rings (SSSR count). The molecule has 0 saturated carbocycles. The predicted molar refractivity (Wildman–Crippen MR) is 63.2 cm³/mol. The first-order valence-corrected chi connectivity index (χ1v) is 5.55. The van der Waals surface area contributed by atoms with E-state index in [2.05, 4.69) is 15.6 Å². The maximum Gasteiger partial charge on any atom is 0.231 e. The fourth-order valence-corrected chi connectivity index (χ4v) is 1.88. The molecule has 1 atom stereocenters. The molecule has 0 bridgehead atoms. The number of pyridine rings is 1. The summed E-state index contributed by atoms with van der Waals surface area (Å²) in [5, 5.41) is 6.17. The third kappa shape index (κ3) is 2.07. The highest BCUT2D eigenvalue weighted by molar-refractivity contribution is 5.95. The molecule has 1 saturated heterocycles. The van der Waals surface area contributed by atoms with E-state index < -0.39 is 0 Å². The minimum absolute atomic E-state index is 0.0774. The van der Waals surface area contributed by atoms with E-state index in [-0.39, 0.29) is 11.3 Å². The highest BCUT2D eigenvalue weighted by atomic mass is 16.2. The number of rotatable bonds is 2. The number of hydrogen-bond donors (Lipinski definition) is 2. The van der Waals surface area contributed by atoms with E-state index >= 15 is 0 Å². The van der Waals surface area contributed by atoms with Crippen molar-refractivity contribution in [3.63, 3.8) is 0 Å². The van der Waals surface area contributed by atoms with E-state index in [4.69, 9.17) is 0 Å². The number of anilines is 1. The lowest BCUT2D eigenvalue weighted by Gasteiger charge is -2.21. The molecule has 2 heterocycles. The highest BCUT2D eigenvalue weighted by Gasteiger charge is 2.36. The second-order valence-electron chi connectivity index (χ2n) is 4.63. The minimum Gasteiger partial charge on any atom is -0.324 e. The summed E-state index contributed by atoms with van der Waals surface area (Å²) in [6.07, 6.45) is 4.31. The molecule has 4 heteroatoms. The van der Waals surface area contributed by atoms with Crippen LogP contribution in [-0.2, 0) is 4.79 Å². The monoisotopic (exact) mass is 219 g/mol. The molecule has 1 aromatic heterocycles. The zero-order chi connectivity index (χ0) is 11.6. The fourth-order valence-electron chi connectivity index (χ4n) is 1.88. The maximum atomic E-state index is 12.1. The molecule has 1 aliphatic rings. The fraction of sp³-hybridized carbons (Fsp3) is 0.500. The Morgan fingerprint density at radius 1 is 1.62 bits per heavy atom. The molecule has 0 aliphatic carbocycles. The molecule has 1 amide bonds. The first-order valence-electron chi connectivity index (χ1n) is 5.55. The number of hydrogen-bond acceptors (Lipinski definition) is 3. The molecule has 0 aromatic carbocycles. The molecular weight excluding hydrogens is 202 g/mol. The number of carbonyl (C=O) groups is 1. The van der Waals surface area contributed by atoms with Crippen LogP contribution >= 0.6 is 0 Å². The summed E-state index contributed by atoms with van der Waals surface area (Å²) in [7, 11) is 0. The van der Waals surface area contributed by atoms with Crippen LogP contribution < -0.4 is 10.6 Å². The third-order valence-electron chi connectivity index (χ3n) is 3.20. The second kappa shape index (κ2) is 4.22. The van der Waals surface area contributed by atoms with Crippen LogP contribution in [0.25, 0.3) is 0 Å². The molecular formula is C12H17N3O. The quantitative estimate of drug-likeness (QED) is 0.789. The van der Waals surface area contributed by atoms with Gasteiger partial charge < -0.3 is 10.6 Å². The van der Waals surface area contributed by atoms with E-state index in [1.54, 1.807) is 12.4 Å². The minimum atomic E-state index is -0.289. The summed E-state index contributed by atoms with van der Waals surface area (Å²) in [5.41, 5.74) is 1.56. The molecule has 1 fully saturated rings. The lowest BCUT2D eigenvalue weighted by atomic mass is 9.88. The van der Waals surface area contributed by atoms with Gasteiger partial charge in [0.15, 0.2) is 0 Å². The van der Waals surface area contributed by atoms with Crippen molar-refractivity contribution in [1.29, 1.82) is 0 Å². The summed E-state index contributed by atoms with van der Waals surface area (Å²) in [5.74, 6) is 0.0774. The van der Waals surface area contributed by atoms with Crippen LogP contribution in [0.1, 0.15) is 18.9 Å². The number of nitrogens with zero attached hydrogens (tertiary/aromatic N) is 1. The van der Waals surface area contributed by atoms with Crippen LogP contribution in [0.4, 0.5) is 5.69 Å². The van der Waals surface area contributed by atoms with Crippen LogP contribution in [0.2, 0.25) is 0 Å². The van der Waals surface area contributed by atoms with Crippen molar-refractivity contribution in [3.8, 4) is 0 Å². The van der Waals surface area contributed by atoms with Crippen LogP contribution in [0.5, 0.6) is 0 Å². The van der Waals surface area contributed by atoms with E-state index in [0.717, 1.165) is 30.8 Å². The SMILES string of the molecule is Cc1ccncc1NC(=O)C1(C)CCNC1. The molecule has 86 valence electrons. The van der Waals surface area contributed by atoms with Crippen LogP contribution in [0.15, 0.2) is 18.5 Å². The van der Waals surface area contributed by atoms with Gasteiger partial charge in [-0.1, -0.05) is 0 Å². The Kier molecular flexibility index (Phi) is 2.92. The Bertz CT molecular complexity index is 397. The zero-order valence-electron chi connectivity index (χ0n) is 9.71. The van der Waals surface area contributed by atoms with Crippen molar-refractivity contribution in [3.05, 3.63) is 24.0 Å². The zero-order valence-corrected chi connectivity index (χ0v) is 9.71. The van der Waals surface area contributed by atoms with Gasteiger partial charge in [0.1, 0.15) is 0 Å². The molecule has 1 aromatic rings. The molecule has 4 nitrogen and oxygen atoms in total. The number of nitrogens with one attached hydrogen (secondary N) is 2. The Hall–Kier alpha value is -1.42. The van der Waals surface area contributed by atoms with Gasteiger partial charge in [0, 0.05) is 12.7 Å². The highest BCUT2D eigenvalue weighted by Crippen LogP contribution is 2.26. The van der Waals surface area contributed by atoms with Gasteiger partial charge in [-0.2, -0.15) is 0 Å². The maximum absolute atomic E-state index is 12.1. The Morgan fingerprint density at radius 3 is 3.06 bits per heavy atom. The van der Waals surface area contributed by atoms with E-state index in [1.165, 1.54) is 0 Å². The average molecular weight is 219 g/mol. The van der Waals surface area contributed by atoms with Crippen molar-refractivity contribution in [2.75, 3.05) is 18.4 Å². The van der Waals surface area contributed by atoms with Crippen molar-refractivity contribution in [2.24, 2.45) is 5.41 Å². The molecule has 2 N–H and O–H groups in total. The lowest BCUT2D eigenvalue weighted by Crippen LogP contribution is -2.35. The van der Waals surface area contributed by atoms with Crippen molar-refractivity contribution in [2.45, 2.75) is 20.3 Å². The number of amides is 1. The molecule has 0 radical (unpaired) electrons. The third-order valence-corrected chi connectivity index (χ3v) is 3.20.